The van der Waals surface area contributed by atoms with Crippen molar-refractivity contribution in [2.75, 3.05) is 0 Å². The van der Waals surface area contributed by atoms with Crippen LogP contribution in [-0.2, 0) is 13.1 Å². The molecule has 0 spiro atoms. The van der Waals surface area contributed by atoms with Gasteiger partial charge in [0.1, 0.15) is 0 Å². The molecular weight excluding hydrogens is 252 g/mol. The molecule has 0 radical (unpaired) electrons. The van der Waals surface area contributed by atoms with E-state index in [0.29, 0.717) is 11.6 Å². The minimum Gasteiger partial charge on any atom is -0.301 e. The third-order valence-electron chi connectivity index (χ3n) is 2.73. The van der Waals surface area contributed by atoms with Gasteiger partial charge in [0.05, 0.1) is 6.54 Å². The van der Waals surface area contributed by atoms with Crippen LogP contribution < -0.4 is 11.2 Å². The lowest BCUT2D eigenvalue weighted by Crippen LogP contribution is -2.38. The van der Waals surface area contributed by atoms with Gasteiger partial charge in [-0.3, -0.25) is 9.36 Å². The number of hydrogen-bond acceptors (Lipinski definition) is 2. The van der Waals surface area contributed by atoms with Crippen LogP contribution in [0, 0.1) is 0 Å². The van der Waals surface area contributed by atoms with Crippen molar-refractivity contribution >= 4 is 11.6 Å². The van der Waals surface area contributed by atoms with Crippen LogP contribution in [0.25, 0.3) is 0 Å². The quantitative estimate of drug-likeness (QED) is 0.847. The Morgan fingerprint density at radius 1 is 1.11 bits per heavy atom. The molecule has 0 atom stereocenters. The van der Waals surface area contributed by atoms with E-state index >= 15 is 0 Å². The van der Waals surface area contributed by atoms with Gasteiger partial charge < -0.3 is 4.57 Å². The Morgan fingerprint density at radius 3 is 2.39 bits per heavy atom. The number of aromatic nitrogens is 2. The fourth-order valence-electron chi connectivity index (χ4n) is 1.72. The fourth-order valence-corrected chi connectivity index (χ4v) is 1.84. The molecule has 0 saturated heterocycles. The van der Waals surface area contributed by atoms with Crippen molar-refractivity contribution in [2.24, 2.45) is 0 Å². The van der Waals surface area contributed by atoms with E-state index in [1.54, 1.807) is 24.3 Å². The molecule has 2 aromatic rings. The summed E-state index contributed by atoms with van der Waals surface area (Å²) in [5.41, 5.74) is 0.284. The zero-order chi connectivity index (χ0) is 13.1. The molecule has 1 aromatic heterocycles. The van der Waals surface area contributed by atoms with E-state index in [9.17, 15) is 9.59 Å². The van der Waals surface area contributed by atoms with Crippen LogP contribution in [-0.4, -0.2) is 9.13 Å². The van der Waals surface area contributed by atoms with Gasteiger partial charge in [-0.25, -0.2) is 4.79 Å². The number of aryl methyl sites for hydroxylation is 1. The summed E-state index contributed by atoms with van der Waals surface area (Å²) >= 11 is 5.79. The first-order valence-corrected chi connectivity index (χ1v) is 6.04. The van der Waals surface area contributed by atoms with E-state index in [-0.39, 0.29) is 17.8 Å². The predicted octanol–water partition coefficient (Wildman–Crippen LogP) is 1.73. The molecule has 4 nitrogen and oxygen atoms in total. The van der Waals surface area contributed by atoms with Crippen LogP contribution in [0.2, 0.25) is 5.02 Å². The second-order valence-electron chi connectivity index (χ2n) is 3.94. The average molecular weight is 265 g/mol. The lowest BCUT2D eigenvalue weighted by atomic mass is 10.2. The molecule has 0 aliphatic rings. The van der Waals surface area contributed by atoms with E-state index in [0.717, 1.165) is 5.56 Å². The monoisotopic (exact) mass is 264 g/mol. The Morgan fingerprint density at radius 2 is 1.78 bits per heavy atom. The maximum absolute atomic E-state index is 12.0. The molecule has 94 valence electrons. The van der Waals surface area contributed by atoms with Crippen molar-refractivity contribution in [3.8, 4) is 0 Å². The SMILES string of the molecule is CCn1ccc(=O)n(Cc2ccc(Cl)cc2)c1=O. The van der Waals surface area contributed by atoms with E-state index in [4.69, 9.17) is 11.6 Å². The van der Waals surface area contributed by atoms with Crippen molar-refractivity contribution in [1.82, 2.24) is 9.13 Å². The van der Waals surface area contributed by atoms with Crippen molar-refractivity contribution in [3.63, 3.8) is 0 Å². The molecule has 0 amide bonds. The maximum atomic E-state index is 12.0. The molecule has 0 saturated carbocycles. The first-order chi connectivity index (χ1) is 8.61. The van der Waals surface area contributed by atoms with Crippen LogP contribution in [0.3, 0.4) is 0 Å². The Bertz CT molecular complexity index is 656. The van der Waals surface area contributed by atoms with E-state index < -0.39 is 0 Å². The lowest BCUT2D eigenvalue weighted by molar-refractivity contribution is 0.600. The van der Waals surface area contributed by atoms with Gasteiger partial charge in [-0.15, -0.1) is 0 Å². The number of hydrogen-bond donors (Lipinski definition) is 0. The van der Waals surface area contributed by atoms with Crippen molar-refractivity contribution in [2.45, 2.75) is 20.0 Å². The van der Waals surface area contributed by atoms with E-state index in [1.807, 2.05) is 6.92 Å². The average Bonchev–Trinajstić information content (AvgIpc) is 2.37. The van der Waals surface area contributed by atoms with E-state index in [1.165, 1.54) is 21.4 Å². The van der Waals surface area contributed by atoms with Gasteiger partial charge in [0.25, 0.3) is 5.56 Å². The molecular formula is C13H13ClN2O2. The van der Waals surface area contributed by atoms with Gasteiger partial charge in [0, 0.05) is 23.8 Å². The minimum absolute atomic E-state index is 0.260. The summed E-state index contributed by atoms with van der Waals surface area (Å²) < 4.78 is 2.71. The zero-order valence-electron chi connectivity index (χ0n) is 9.97. The van der Waals surface area contributed by atoms with Crippen molar-refractivity contribution in [1.29, 1.82) is 0 Å². The molecule has 0 aliphatic carbocycles. The summed E-state index contributed by atoms with van der Waals surface area (Å²) in [5.74, 6) is 0. The van der Waals surface area contributed by atoms with Gasteiger partial charge >= 0.3 is 5.69 Å². The fraction of sp³-hybridized carbons (Fsp3) is 0.231. The van der Waals surface area contributed by atoms with Crippen LogP contribution in [0.1, 0.15) is 12.5 Å². The molecule has 0 aliphatic heterocycles. The molecule has 0 bridgehead atoms. The summed E-state index contributed by atoms with van der Waals surface area (Å²) in [7, 11) is 0. The Labute approximate surface area is 109 Å². The maximum Gasteiger partial charge on any atom is 0.331 e. The topological polar surface area (TPSA) is 44.0 Å². The molecule has 5 heteroatoms. The number of benzene rings is 1. The first-order valence-electron chi connectivity index (χ1n) is 5.66. The number of halogens is 1. The third-order valence-corrected chi connectivity index (χ3v) is 2.99. The van der Waals surface area contributed by atoms with Crippen molar-refractivity contribution < 1.29 is 0 Å². The molecule has 0 fully saturated rings. The Kier molecular flexibility index (Phi) is 3.67. The summed E-state index contributed by atoms with van der Waals surface area (Å²) in [4.78, 5) is 23.7. The largest absolute Gasteiger partial charge is 0.331 e. The van der Waals surface area contributed by atoms with Gasteiger partial charge in [0.15, 0.2) is 0 Å². The zero-order valence-corrected chi connectivity index (χ0v) is 10.7. The van der Waals surface area contributed by atoms with Crippen molar-refractivity contribution in [3.05, 3.63) is 68.0 Å². The highest BCUT2D eigenvalue weighted by Gasteiger charge is 2.04. The highest BCUT2D eigenvalue weighted by atomic mass is 35.5. The smallest absolute Gasteiger partial charge is 0.301 e. The van der Waals surface area contributed by atoms with Gasteiger partial charge in [-0.2, -0.15) is 0 Å². The van der Waals surface area contributed by atoms with Gasteiger partial charge in [0.2, 0.25) is 0 Å². The number of nitrogens with zero attached hydrogens (tertiary/aromatic N) is 2. The normalized spacial score (nSPS) is 10.6. The summed E-state index contributed by atoms with van der Waals surface area (Å²) in [5, 5.41) is 0.630. The Hall–Kier alpha value is -1.81. The molecule has 1 aromatic carbocycles. The van der Waals surface area contributed by atoms with E-state index in [2.05, 4.69) is 0 Å². The van der Waals surface area contributed by atoms with Crippen LogP contribution in [0.5, 0.6) is 0 Å². The van der Waals surface area contributed by atoms with Gasteiger partial charge in [-0.1, -0.05) is 23.7 Å². The molecule has 1 heterocycles. The third kappa shape index (κ3) is 2.54. The summed E-state index contributed by atoms with van der Waals surface area (Å²) in [6, 6.07) is 8.49. The summed E-state index contributed by atoms with van der Waals surface area (Å²) in [6.07, 6.45) is 1.52. The molecule has 0 N–H and O–H groups in total. The predicted molar refractivity (Wildman–Crippen MR) is 71.2 cm³/mol. The molecule has 0 unspecified atom stereocenters. The second-order valence-corrected chi connectivity index (χ2v) is 4.37. The standard InChI is InChI=1S/C13H13ClN2O2/c1-2-15-8-7-12(17)16(13(15)18)9-10-3-5-11(14)6-4-10/h3-8H,2,9H2,1H3. The second kappa shape index (κ2) is 5.23. The Balaban J connectivity index is 2.43. The first kappa shape index (κ1) is 12.6. The lowest BCUT2D eigenvalue weighted by Gasteiger charge is -2.08. The molecule has 2 rings (SSSR count). The number of rotatable bonds is 3. The van der Waals surface area contributed by atoms with Crippen LogP contribution in [0.15, 0.2) is 46.1 Å². The van der Waals surface area contributed by atoms with Crippen LogP contribution in [0.4, 0.5) is 0 Å². The van der Waals surface area contributed by atoms with Gasteiger partial charge in [-0.05, 0) is 24.6 Å². The van der Waals surface area contributed by atoms with Crippen LogP contribution >= 0.6 is 11.6 Å². The minimum atomic E-state index is -0.292. The highest BCUT2D eigenvalue weighted by molar-refractivity contribution is 6.30. The molecule has 18 heavy (non-hydrogen) atoms. The highest BCUT2D eigenvalue weighted by Crippen LogP contribution is 2.09. The summed E-state index contributed by atoms with van der Waals surface area (Å²) in [6.45, 7) is 2.66.